The number of rotatable bonds is 2. The molecule has 2 N–H and O–H groups in total. The molecule has 3 atom stereocenters. The lowest BCUT2D eigenvalue weighted by Crippen LogP contribution is -2.55. The molecule has 3 rings (SSSR count). The summed E-state index contributed by atoms with van der Waals surface area (Å²) in [5.74, 6) is 1.23. The van der Waals surface area contributed by atoms with E-state index in [2.05, 4.69) is 17.6 Å². The molecule has 0 spiro atoms. The summed E-state index contributed by atoms with van der Waals surface area (Å²) in [6, 6.07) is 7.88. The van der Waals surface area contributed by atoms with Crippen LogP contribution in [0, 0.1) is 0 Å². The number of benzene rings is 1. The quantitative estimate of drug-likeness (QED) is 0.848. The molecule has 1 fully saturated rings. The van der Waals surface area contributed by atoms with Crippen LogP contribution >= 0.6 is 0 Å². The molecule has 0 saturated carbocycles. The summed E-state index contributed by atoms with van der Waals surface area (Å²) >= 11 is 0. The maximum absolute atomic E-state index is 12.3. The van der Waals surface area contributed by atoms with E-state index in [1.165, 1.54) is 0 Å². The van der Waals surface area contributed by atoms with E-state index in [1.807, 2.05) is 24.3 Å². The van der Waals surface area contributed by atoms with Crippen LogP contribution in [0.3, 0.4) is 0 Å². The number of hydrogen-bond acceptors (Lipinski definition) is 4. The van der Waals surface area contributed by atoms with Gasteiger partial charge in [-0.15, -0.1) is 0 Å². The molecule has 2 heterocycles. The van der Waals surface area contributed by atoms with Crippen LogP contribution in [0.2, 0.25) is 0 Å². The minimum absolute atomic E-state index is 0.0972. The summed E-state index contributed by atoms with van der Waals surface area (Å²) < 4.78 is 11.3. The zero-order chi connectivity index (χ0) is 13.9. The van der Waals surface area contributed by atoms with Crippen molar-refractivity contribution in [1.29, 1.82) is 0 Å². The maximum atomic E-state index is 12.3. The van der Waals surface area contributed by atoms with Gasteiger partial charge < -0.3 is 20.1 Å². The summed E-state index contributed by atoms with van der Waals surface area (Å²) in [4.78, 5) is 12.3. The number of fused-ring (bicyclic) bond motifs is 1. The summed E-state index contributed by atoms with van der Waals surface area (Å²) in [6.45, 7) is 3.37. The van der Waals surface area contributed by atoms with Crippen molar-refractivity contribution in [3.05, 3.63) is 24.3 Å². The predicted octanol–water partition coefficient (Wildman–Crippen LogP) is 1.08. The minimum Gasteiger partial charge on any atom is -0.485 e. The maximum Gasteiger partial charge on any atom is 0.264 e. The van der Waals surface area contributed by atoms with E-state index in [0.29, 0.717) is 17.5 Å². The van der Waals surface area contributed by atoms with Gasteiger partial charge in [0.1, 0.15) is 6.61 Å². The number of nitrogens with one attached hydrogen (secondary N) is 2. The molecule has 1 aromatic rings. The zero-order valence-electron chi connectivity index (χ0n) is 11.6. The Labute approximate surface area is 118 Å². The number of ether oxygens (including phenoxy) is 2. The average Bonchev–Trinajstić information content (AvgIpc) is 2.49. The van der Waals surface area contributed by atoms with E-state index in [0.717, 1.165) is 19.4 Å². The van der Waals surface area contributed by atoms with E-state index in [9.17, 15) is 4.79 Å². The van der Waals surface area contributed by atoms with E-state index >= 15 is 0 Å². The molecule has 0 aliphatic carbocycles. The molecule has 1 amide bonds. The number of carbonyl (C=O) groups excluding carboxylic acids is 1. The standard InChI is InChI=1S/C15H20N2O3/c1-10-11(5-4-8-16-10)17-15(18)14-9-19-12-6-2-3-7-13(12)20-14/h2-3,6-7,10-11,14,16H,4-5,8-9H2,1H3,(H,17,18). The molecule has 0 aromatic heterocycles. The largest absolute Gasteiger partial charge is 0.485 e. The van der Waals surface area contributed by atoms with Crippen molar-refractivity contribution < 1.29 is 14.3 Å². The first-order valence-corrected chi connectivity index (χ1v) is 7.16. The van der Waals surface area contributed by atoms with Crippen LogP contribution in [-0.2, 0) is 4.79 Å². The molecule has 3 unspecified atom stereocenters. The van der Waals surface area contributed by atoms with Crippen LogP contribution in [0.25, 0.3) is 0 Å². The van der Waals surface area contributed by atoms with Gasteiger partial charge in [0.15, 0.2) is 11.5 Å². The predicted molar refractivity (Wildman–Crippen MR) is 75.0 cm³/mol. The molecule has 0 bridgehead atoms. The highest BCUT2D eigenvalue weighted by atomic mass is 16.6. The summed E-state index contributed by atoms with van der Waals surface area (Å²) in [7, 11) is 0. The van der Waals surface area contributed by atoms with E-state index < -0.39 is 6.10 Å². The van der Waals surface area contributed by atoms with Crippen LogP contribution in [-0.4, -0.2) is 37.2 Å². The average molecular weight is 276 g/mol. The smallest absolute Gasteiger partial charge is 0.264 e. The van der Waals surface area contributed by atoms with E-state index in [4.69, 9.17) is 9.47 Å². The van der Waals surface area contributed by atoms with E-state index in [1.54, 1.807) is 0 Å². The first-order chi connectivity index (χ1) is 9.74. The molecule has 2 aliphatic rings. The van der Waals surface area contributed by atoms with Gasteiger partial charge in [-0.3, -0.25) is 4.79 Å². The Kier molecular flexibility index (Phi) is 3.78. The van der Waals surface area contributed by atoms with Crippen molar-refractivity contribution in [3.63, 3.8) is 0 Å². The van der Waals surface area contributed by atoms with Crippen molar-refractivity contribution >= 4 is 5.91 Å². The number of amides is 1. The van der Waals surface area contributed by atoms with Gasteiger partial charge in [-0.25, -0.2) is 0 Å². The summed E-state index contributed by atoms with van der Waals surface area (Å²) in [6.07, 6.45) is 1.52. The molecule has 0 radical (unpaired) electrons. The third kappa shape index (κ3) is 2.72. The topological polar surface area (TPSA) is 59.6 Å². The highest BCUT2D eigenvalue weighted by Crippen LogP contribution is 2.30. The van der Waals surface area contributed by atoms with Crippen molar-refractivity contribution in [2.75, 3.05) is 13.2 Å². The Balaban J connectivity index is 1.61. The van der Waals surface area contributed by atoms with Crippen molar-refractivity contribution in [1.82, 2.24) is 10.6 Å². The Morgan fingerprint density at radius 3 is 2.95 bits per heavy atom. The van der Waals surface area contributed by atoms with Crippen LogP contribution in [0.15, 0.2) is 24.3 Å². The first kappa shape index (κ1) is 13.2. The van der Waals surface area contributed by atoms with Gasteiger partial charge in [0.05, 0.1) is 0 Å². The van der Waals surface area contributed by atoms with Crippen molar-refractivity contribution in [3.8, 4) is 11.5 Å². The Morgan fingerprint density at radius 1 is 1.35 bits per heavy atom. The van der Waals surface area contributed by atoms with Crippen molar-refractivity contribution in [2.24, 2.45) is 0 Å². The second-order valence-electron chi connectivity index (χ2n) is 5.36. The van der Waals surface area contributed by atoms with Crippen molar-refractivity contribution in [2.45, 2.75) is 38.0 Å². The van der Waals surface area contributed by atoms with Gasteiger partial charge in [0.2, 0.25) is 6.10 Å². The normalized spacial score (nSPS) is 28.8. The Bertz CT molecular complexity index is 492. The van der Waals surface area contributed by atoms with Crippen LogP contribution in [0.5, 0.6) is 11.5 Å². The molecule has 5 heteroatoms. The lowest BCUT2D eigenvalue weighted by Gasteiger charge is -2.32. The molecule has 20 heavy (non-hydrogen) atoms. The van der Waals surface area contributed by atoms with E-state index in [-0.39, 0.29) is 18.6 Å². The zero-order valence-corrected chi connectivity index (χ0v) is 11.6. The van der Waals surface area contributed by atoms with Gasteiger partial charge in [0.25, 0.3) is 5.91 Å². The molecular weight excluding hydrogens is 256 g/mol. The fraction of sp³-hybridized carbons (Fsp3) is 0.533. The second kappa shape index (κ2) is 5.71. The number of hydrogen-bond donors (Lipinski definition) is 2. The Morgan fingerprint density at radius 2 is 2.15 bits per heavy atom. The number of piperidine rings is 1. The fourth-order valence-corrected chi connectivity index (χ4v) is 2.67. The van der Waals surface area contributed by atoms with Gasteiger partial charge >= 0.3 is 0 Å². The van der Waals surface area contributed by atoms with Gasteiger partial charge in [-0.2, -0.15) is 0 Å². The fourth-order valence-electron chi connectivity index (χ4n) is 2.67. The number of carbonyl (C=O) groups is 1. The van der Waals surface area contributed by atoms with Crippen LogP contribution in [0.4, 0.5) is 0 Å². The van der Waals surface area contributed by atoms with Crippen LogP contribution in [0.1, 0.15) is 19.8 Å². The third-order valence-electron chi connectivity index (χ3n) is 3.89. The lowest BCUT2D eigenvalue weighted by atomic mass is 9.99. The SMILES string of the molecule is CC1NCCCC1NC(=O)C1COc2ccccc2O1. The third-order valence-corrected chi connectivity index (χ3v) is 3.89. The Hall–Kier alpha value is -1.75. The minimum atomic E-state index is -0.570. The molecule has 2 aliphatic heterocycles. The molecular formula is C15H20N2O3. The molecule has 108 valence electrons. The molecule has 1 saturated heterocycles. The lowest BCUT2D eigenvalue weighted by molar-refractivity contribution is -0.131. The summed E-state index contributed by atoms with van der Waals surface area (Å²) in [5.41, 5.74) is 0. The highest BCUT2D eigenvalue weighted by molar-refractivity contribution is 5.82. The summed E-state index contributed by atoms with van der Waals surface area (Å²) in [5, 5.41) is 6.43. The van der Waals surface area contributed by atoms with Gasteiger partial charge in [0, 0.05) is 12.1 Å². The monoisotopic (exact) mass is 276 g/mol. The highest BCUT2D eigenvalue weighted by Gasteiger charge is 2.30. The second-order valence-corrected chi connectivity index (χ2v) is 5.36. The number of para-hydroxylation sites is 2. The first-order valence-electron chi connectivity index (χ1n) is 7.16. The van der Waals surface area contributed by atoms with Gasteiger partial charge in [-0.05, 0) is 38.4 Å². The molecule has 5 nitrogen and oxygen atoms in total. The van der Waals surface area contributed by atoms with Gasteiger partial charge in [-0.1, -0.05) is 12.1 Å². The molecule has 1 aromatic carbocycles. The van der Waals surface area contributed by atoms with Crippen LogP contribution < -0.4 is 20.1 Å².